The van der Waals surface area contributed by atoms with Gasteiger partial charge in [-0.3, -0.25) is 4.79 Å². The number of methoxy groups -OCH3 is 1. The fourth-order valence-corrected chi connectivity index (χ4v) is 3.97. The Hall–Kier alpha value is -1.42. The first kappa shape index (κ1) is 14.5. The molecule has 0 N–H and O–H groups in total. The smallest absolute Gasteiger partial charge is 0.218 e. The lowest BCUT2D eigenvalue weighted by Gasteiger charge is -2.26. The number of fused-ring (bicyclic) bond motifs is 1. The first-order valence-electron chi connectivity index (χ1n) is 7.56. The number of carbonyl (C=O) groups excluding carboxylic acids is 1. The molecule has 1 aliphatic carbocycles. The quantitative estimate of drug-likeness (QED) is 0.844. The zero-order chi connectivity index (χ0) is 15.0. The molecule has 2 aromatic rings. The van der Waals surface area contributed by atoms with E-state index >= 15 is 0 Å². The number of thiol groups is 1. The highest BCUT2D eigenvalue weighted by atomic mass is 32.1. The maximum Gasteiger partial charge on any atom is 0.218 e. The predicted molar refractivity (Wildman–Crippen MR) is 88.7 cm³/mol. The van der Waals surface area contributed by atoms with Gasteiger partial charge in [-0.1, -0.05) is 31.4 Å². The van der Waals surface area contributed by atoms with Gasteiger partial charge in [0.15, 0.2) is 0 Å². The standard InChI is InChI=1S/C17H21NO2S/c1-11-15(17(19)21)13-9-6-10-14(20-2)16(13)18(11)12-7-4-3-5-8-12/h6,9-10,12H,3-5,7-8H2,1-2H3,(H,19,21). The largest absolute Gasteiger partial charge is 0.495 e. The molecular weight excluding hydrogens is 282 g/mol. The summed E-state index contributed by atoms with van der Waals surface area (Å²) in [5.41, 5.74) is 2.78. The molecule has 0 bridgehead atoms. The van der Waals surface area contributed by atoms with E-state index in [9.17, 15) is 4.79 Å². The summed E-state index contributed by atoms with van der Waals surface area (Å²) < 4.78 is 7.87. The predicted octanol–water partition coefficient (Wildman–Crippen LogP) is 4.53. The highest BCUT2D eigenvalue weighted by Crippen LogP contribution is 2.39. The summed E-state index contributed by atoms with van der Waals surface area (Å²) in [6.07, 6.45) is 6.15. The minimum Gasteiger partial charge on any atom is -0.495 e. The van der Waals surface area contributed by atoms with Crippen LogP contribution >= 0.6 is 12.6 Å². The van der Waals surface area contributed by atoms with Crippen molar-refractivity contribution in [1.82, 2.24) is 4.57 Å². The lowest BCUT2D eigenvalue weighted by Crippen LogP contribution is -2.14. The Balaban J connectivity index is 2.30. The Kier molecular flexibility index (Phi) is 3.98. The van der Waals surface area contributed by atoms with Gasteiger partial charge in [0.25, 0.3) is 0 Å². The van der Waals surface area contributed by atoms with E-state index in [0.717, 1.165) is 27.9 Å². The van der Waals surface area contributed by atoms with Gasteiger partial charge in [-0.05, 0) is 25.8 Å². The van der Waals surface area contributed by atoms with Crippen molar-refractivity contribution in [3.8, 4) is 5.75 Å². The van der Waals surface area contributed by atoms with E-state index in [2.05, 4.69) is 17.2 Å². The van der Waals surface area contributed by atoms with E-state index in [1.165, 1.54) is 32.1 Å². The van der Waals surface area contributed by atoms with Gasteiger partial charge in [-0.25, -0.2) is 0 Å². The maximum absolute atomic E-state index is 12.0. The van der Waals surface area contributed by atoms with Gasteiger partial charge >= 0.3 is 0 Å². The number of nitrogens with zero attached hydrogens (tertiary/aromatic N) is 1. The number of ether oxygens (including phenoxy) is 1. The second-order valence-corrected chi connectivity index (χ2v) is 6.19. The number of carbonyl (C=O) groups is 1. The van der Waals surface area contributed by atoms with Crippen molar-refractivity contribution in [2.75, 3.05) is 7.11 Å². The molecule has 112 valence electrons. The third kappa shape index (κ3) is 2.35. The van der Waals surface area contributed by atoms with Crippen LogP contribution in [0.25, 0.3) is 10.9 Å². The summed E-state index contributed by atoms with van der Waals surface area (Å²) in [6, 6.07) is 6.35. The van der Waals surface area contributed by atoms with E-state index in [1.54, 1.807) is 7.11 Å². The Morgan fingerprint density at radius 1 is 1.29 bits per heavy atom. The minimum absolute atomic E-state index is 0.166. The van der Waals surface area contributed by atoms with E-state index in [0.29, 0.717) is 6.04 Å². The molecule has 0 atom stereocenters. The van der Waals surface area contributed by atoms with E-state index in [-0.39, 0.29) is 5.12 Å². The van der Waals surface area contributed by atoms with Crippen LogP contribution in [-0.4, -0.2) is 16.8 Å². The molecule has 1 fully saturated rings. The molecule has 1 aromatic heterocycles. The fraction of sp³-hybridized carbons (Fsp3) is 0.471. The lowest BCUT2D eigenvalue weighted by molar-refractivity contribution is 0.109. The maximum atomic E-state index is 12.0. The molecule has 4 heteroatoms. The van der Waals surface area contributed by atoms with Crippen molar-refractivity contribution in [2.24, 2.45) is 0 Å². The molecule has 0 unspecified atom stereocenters. The van der Waals surface area contributed by atoms with Crippen molar-refractivity contribution in [1.29, 1.82) is 0 Å². The summed E-state index contributed by atoms with van der Waals surface area (Å²) in [6.45, 7) is 2.03. The number of para-hydroxylation sites is 1. The monoisotopic (exact) mass is 303 g/mol. The van der Waals surface area contributed by atoms with Gasteiger partial charge in [0.1, 0.15) is 5.75 Å². The van der Waals surface area contributed by atoms with Crippen molar-refractivity contribution in [3.05, 3.63) is 29.5 Å². The van der Waals surface area contributed by atoms with Gasteiger partial charge < -0.3 is 9.30 Å². The number of rotatable bonds is 3. The van der Waals surface area contributed by atoms with Crippen LogP contribution < -0.4 is 4.74 Å². The molecular formula is C17H21NO2S. The van der Waals surface area contributed by atoms with E-state index in [4.69, 9.17) is 4.74 Å². The van der Waals surface area contributed by atoms with Crippen LogP contribution in [0.5, 0.6) is 5.75 Å². The molecule has 1 aliphatic rings. The highest BCUT2D eigenvalue weighted by Gasteiger charge is 2.25. The summed E-state index contributed by atoms with van der Waals surface area (Å²) in [5, 5.41) is 0.790. The van der Waals surface area contributed by atoms with Crippen LogP contribution in [-0.2, 0) is 0 Å². The normalized spacial score (nSPS) is 16.3. The number of benzene rings is 1. The Morgan fingerprint density at radius 3 is 2.62 bits per heavy atom. The van der Waals surface area contributed by atoms with Crippen molar-refractivity contribution >= 4 is 28.6 Å². The fourth-order valence-electron chi connectivity index (χ4n) is 3.69. The molecule has 1 heterocycles. The molecule has 0 saturated heterocycles. The van der Waals surface area contributed by atoms with Crippen molar-refractivity contribution < 1.29 is 9.53 Å². The highest BCUT2D eigenvalue weighted by molar-refractivity contribution is 7.97. The van der Waals surface area contributed by atoms with Gasteiger partial charge in [0, 0.05) is 17.1 Å². The van der Waals surface area contributed by atoms with Crippen molar-refractivity contribution in [2.45, 2.75) is 45.1 Å². The van der Waals surface area contributed by atoms with E-state index < -0.39 is 0 Å². The third-order valence-corrected chi connectivity index (χ3v) is 4.83. The molecule has 0 amide bonds. The molecule has 0 radical (unpaired) electrons. The molecule has 1 saturated carbocycles. The molecule has 3 rings (SSSR count). The van der Waals surface area contributed by atoms with Crippen LogP contribution in [0.4, 0.5) is 0 Å². The average molecular weight is 303 g/mol. The molecule has 0 aliphatic heterocycles. The van der Waals surface area contributed by atoms with Crippen LogP contribution in [0.2, 0.25) is 0 Å². The van der Waals surface area contributed by atoms with Gasteiger partial charge in [-0.15, -0.1) is 12.6 Å². The summed E-state index contributed by atoms with van der Waals surface area (Å²) in [4.78, 5) is 12.0. The molecule has 0 spiro atoms. The first-order chi connectivity index (χ1) is 10.1. The van der Waals surface area contributed by atoms with Gasteiger partial charge in [0.2, 0.25) is 5.12 Å². The molecule has 3 nitrogen and oxygen atoms in total. The van der Waals surface area contributed by atoms with Crippen LogP contribution in [0.15, 0.2) is 18.2 Å². The first-order valence-corrected chi connectivity index (χ1v) is 8.00. The lowest BCUT2D eigenvalue weighted by atomic mass is 9.95. The van der Waals surface area contributed by atoms with E-state index in [1.807, 2.05) is 25.1 Å². The topological polar surface area (TPSA) is 31.2 Å². The number of hydrogen-bond donors (Lipinski definition) is 1. The van der Waals surface area contributed by atoms with Crippen LogP contribution in [0, 0.1) is 6.92 Å². The van der Waals surface area contributed by atoms with Gasteiger partial charge in [-0.2, -0.15) is 0 Å². The summed E-state index contributed by atoms with van der Waals surface area (Å²) in [7, 11) is 1.69. The zero-order valence-corrected chi connectivity index (χ0v) is 13.5. The average Bonchev–Trinajstić information content (AvgIpc) is 2.80. The van der Waals surface area contributed by atoms with Crippen LogP contribution in [0.3, 0.4) is 0 Å². The number of hydrogen-bond acceptors (Lipinski definition) is 2. The summed E-state index contributed by atoms with van der Waals surface area (Å²) in [5.74, 6) is 0.835. The minimum atomic E-state index is -0.166. The second kappa shape index (κ2) is 5.76. The van der Waals surface area contributed by atoms with Crippen LogP contribution in [0.1, 0.15) is 54.2 Å². The second-order valence-electron chi connectivity index (χ2n) is 5.78. The summed E-state index contributed by atoms with van der Waals surface area (Å²) >= 11 is 4.08. The van der Waals surface area contributed by atoms with Gasteiger partial charge in [0.05, 0.1) is 18.2 Å². The zero-order valence-electron chi connectivity index (χ0n) is 12.6. The number of aromatic nitrogens is 1. The molecule has 21 heavy (non-hydrogen) atoms. The van der Waals surface area contributed by atoms with Crippen molar-refractivity contribution in [3.63, 3.8) is 0 Å². The SMILES string of the molecule is COc1cccc2c(C(=O)S)c(C)n(C3CCCCC3)c12. The Bertz CT molecular complexity index is 684. The Labute approximate surface area is 130 Å². The Morgan fingerprint density at radius 2 is 2.00 bits per heavy atom. The molecule has 1 aromatic carbocycles. The third-order valence-electron chi connectivity index (χ3n) is 4.61.